The molecule has 100 valence electrons. The molecule has 0 aromatic rings. The molecular weight excluding hydrogens is 208 g/mol. The number of likely N-dealkylation sites (tertiary alicyclic amines) is 1. The van der Waals surface area contributed by atoms with Crippen LogP contribution >= 0.6 is 0 Å². The third-order valence-electron chi connectivity index (χ3n) is 4.97. The van der Waals surface area contributed by atoms with Crippen LogP contribution in [0.15, 0.2) is 0 Å². The van der Waals surface area contributed by atoms with Gasteiger partial charge in [0.25, 0.3) is 0 Å². The first-order valence-corrected chi connectivity index (χ1v) is 7.70. The lowest BCUT2D eigenvalue weighted by Crippen LogP contribution is -2.42. The smallest absolute Gasteiger partial charge is 0.0166 e. The van der Waals surface area contributed by atoms with E-state index >= 15 is 0 Å². The van der Waals surface area contributed by atoms with Crippen LogP contribution in [0.5, 0.6) is 0 Å². The highest BCUT2D eigenvalue weighted by atomic mass is 15.2. The first-order valence-electron chi connectivity index (χ1n) is 7.70. The van der Waals surface area contributed by atoms with Gasteiger partial charge in [-0.05, 0) is 57.5 Å². The van der Waals surface area contributed by atoms with Crippen LogP contribution < -0.4 is 5.32 Å². The summed E-state index contributed by atoms with van der Waals surface area (Å²) in [7, 11) is 0. The Bertz CT molecular complexity index is 215. The summed E-state index contributed by atoms with van der Waals surface area (Å²) in [6.07, 6.45) is 9.99. The van der Waals surface area contributed by atoms with E-state index in [4.69, 9.17) is 0 Å². The summed E-state index contributed by atoms with van der Waals surface area (Å²) in [6, 6.07) is 0.664. The zero-order valence-electron chi connectivity index (χ0n) is 11.8. The summed E-state index contributed by atoms with van der Waals surface area (Å²) in [4.78, 5) is 2.62. The minimum Gasteiger partial charge on any atom is -0.312 e. The summed E-state index contributed by atoms with van der Waals surface area (Å²) in [5.41, 5.74) is 0.638. The highest BCUT2D eigenvalue weighted by Crippen LogP contribution is 2.40. The monoisotopic (exact) mass is 238 g/mol. The Hall–Kier alpha value is -0.0800. The van der Waals surface area contributed by atoms with Crippen LogP contribution in [-0.4, -0.2) is 37.1 Å². The molecule has 1 aliphatic heterocycles. The summed E-state index contributed by atoms with van der Waals surface area (Å²) >= 11 is 0. The summed E-state index contributed by atoms with van der Waals surface area (Å²) in [5.74, 6) is 0. The molecule has 1 unspecified atom stereocenters. The second-order valence-electron chi connectivity index (χ2n) is 6.35. The lowest BCUT2D eigenvalue weighted by molar-refractivity contribution is 0.235. The van der Waals surface area contributed by atoms with E-state index in [0.29, 0.717) is 11.5 Å². The minimum atomic E-state index is 0.638. The van der Waals surface area contributed by atoms with Crippen molar-refractivity contribution < 1.29 is 0 Å². The summed E-state index contributed by atoms with van der Waals surface area (Å²) in [6.45, 7) is 9.88. The standard InChI is InChI=1S/C15H30N2/c1-3-15(8-4-5-9-15)13-16-14(2)12-17-10-6-7-11-17/h14,16H,3-13H2,1-2H3. The van der Waals surface area contributed by atoms with Crippen molar-refractivity contribution in [1.82, 2.24) is 10.2 Å². The second kappa shape index (κ2) is 6.19. The molecule has 1 aliphatic carbocycles. The van der Waals surface area contributed by atoms with Crippen LogP contribution in [0.4, 0.5) is 0 Å². The van der Waals surface area contributed by atoms with E-state index in [1.807, 2.05) is 0 Å². The van der Waals surface area contributed by atoms with Gasteiger partial charge in [-0.1, -0.05) is 19.8 Å². The second-order valence-corrected chi connectivity index (χ2v) is 6.35. The Kier molecular flexibility index (Phi) is 4.87. The Balaban J connectivity index is 1.69. The van der Waals surface area contributed by atoms with Gasteiger partial charge in [0.15, 0.2) is 0 Å². The van der Waals surface area contributed by atoms with E-state index in [0.717, 1.165) is 0 Å². The van der Waals surface area contributed by atoms with Crippen LogP contribution in [-0.2, 0) is 0 Å². The lowest BCUT2D eigenvalue weighted by Gasteiger charge is -2.31. The summed E-state index contributed by atoms with van der Waals surface area (Å²) < 4.78 is 0. The topological polar surface area (TPSA) is 15.3 Å². The van der Waals surface area contributed by atoms with Gasteiger partial charge in [0.2, 0.25) is 0 Å². The number of hydrogen-bond acceptors (Lipinski definition) is 2. The fourth-order valence-corrected chi connectivity index (χ4v) is 3.59. The van der Waals surface area contributed by atoms with E-state index in [1.165, 1.54) is 71.1 Å². The van der Waals surface area contributed by atoms with E-state index in [2.05, 4.69) is 24.1 Å². The van der Waals surface area contributed by atoms with Gasteiger partial charge in [-0.2, -0.15) is 0 Å². The molecule has 1 heterocycles. The van der Waals surface area contributed by atoms with Crippen molar-refractivity contribution in [3.63, 3.8) is 0 Å². The lowest BCUT2D eigenvalue weighted by atomic mass is 9.83. The molecule has 0 aromatic heterocycles. The predicted molar refractivity (Wildman–Crippen MR) is 74.3 cm³/mol. The van der Waals surface area contributed by atoms with Crippen LogP contribution in [0, 0.1) is 5.41 Å². The molecule has 17 heavy (non-hydrogen) atoms. The van der Waals surface area contributed by atoms with Gasteiger partial charge >= 0.3 is 0 Å². The Morgan fingerprint density at radius 2 is 1.76 bits per heavy atom. The normalized spacial score (nSPS) is 26.5. The number of hydrogen-bond donors (Lipinski definition) is 1. The third-order valence-corrected chi connectivity index (χ3v) is 4.97. The molecule has 2 heteroatoms. The number of nitrogens with one attached hydrogen (secondary N) is 1. The van der Waals surface area contributed by atoms with E-state index < -0.39 is 0 Å². The van der Waals surface area contributed by atoms with Gasteiger partial charge < -0.3 is 10.2 Å². The molecule has 2 fully saturated rings. The number of rotatable bonds is 6. The van der Waals surface area contributed by atoms with Crippen LogP contribution in [0.3, 0.4) is 0 Å². The molecule has 2 rings (SSSR count). The molecule has 1 saturated heterocycles. The predicted octanol–water partition coefficient (Wildman–Crippen LogP) is 3.03. The van der Waals surface area contributed by atoms with Crippen molar-refractivity contribution in [3.8, 4) is 0 Å². The quantitative estimate of drug-likeness (QED) is 0.765. The minimum absolute atomic E-state index is 0.638. The first-order chi connectivity index (χ1) is 8.24. The van der Waals surface area contributed by atoms with Crippen molar-refractivity contribution in [2.75, 3.05) is 26.2 Å². The van der Waals surface area contributed by atoms with Crippen molar-refractivity contribution in [2.45, 2.75) is 64.8 Å². The first kappa shape index (κ1) is 13.4. The maximum absolute atomic E-state index is 3.80. The molecule has 1 saturated carbocycles. The molecule has 0 amide bonds. The molecule has 1 atom stereocenters. The molecule has 0 spiro atoms. The van der Waals surface area contributed by atoms with Crippen LogP contribution in [0.25, 0.3) is 0 Å². The molecule has 2 nitrogen and oxygen atoms in total. The summed E-state index contributed by atoms with van der Waals surface area (Å²) in [5, 5.41) is 3.80. The van der Waals surface area contributed by atoms with Gasteiger partial charge in [0.1, 0.15) is 0 Å². The SMILES string of the molecule is CCC1(CNC(C)CN2CCCC2)CCCC1. The van der Waals surface area contributed by atoms with Crippen LogP contribution in [0.2, 0.25) is 0 Å². The molecular formula is C15H30N2. The van der Waals surface area contributed by atoms with E-state index in [1.54, 1.807) is 0 Å². The maximum Gasteiger partial charge on any atom is 0.0166 e. The van der Waals surface area contributed by atoms with Gasteiger partial charge in [-0.3, -0.25) is 0 Å². The van der Waals surface area contributed by atoms with Crippen molar-refractivity contribution in [3.05, 3.63) is 0 Å². The Morgan fingerprint density at radius 3 is 2.35 bits per heavy atom. The average molecular weight is 238 g/mol. The fourth-order valence-electron chi connectivity index (χ4n) is 3.59. The molecule has 1 N–H and O–H groups in total. The van der Waals surface area contributed by atoms with E-state index in [9.17, 15) is 0 Å². The Morgan fingerprint density at radius 1 is 1.12 bits per heavy atom. The average Bonchev–Trinajstić information content (AvgIpc) is 2.98. The zero-order chi connectivity index (χ0) is 12.1. The number of nitrogens with zero attached hydrogens (tertiary/aromatic N) is 1. The van der Waals surface area contributed by atoms with Gasteiger partial charge in [-0.15, -0.1) is 0 Å². The molecule has 0 bridgehead atoms. The molecule has 0 aromatic carbocycles. The highest BCUT2D eigenvalue weighted by Gasteiger charge is 2.31. The van der Waals surface area contributed by atoms with Crippen molar-refractivity contribution >= 4 is 0 Å². The van der Waals surface area contributed by atoms with Crippen LogP contribution in [0.1, 0.15) is 58.8 Å². The third kappa shape index (κ3) is 3.69. The largest absolute Gasteiger partial charge is 0.312 e. The van der Waals surface area contributed by atoms with E-state index in [-0.39, 0.29) is 0 Å². The Labute approximate surface area is 107 Å². The van der Waals surface area contributed by atoms with Crippen molar-refractivity contribution in [1.29, 1.82) is 0 Å². The maximum atomic E-state index is 3.80. The molecule has 0 radical (unpaired) electrons. The van der Waals surface area contributed by atoms with Gasteiger partial charge in [0.05, 0.1) is 0 Å². The van der Waals surface area contributed by atoms with Gasteiger partial charge in [-0.25, -0.2) is 0 Å². The fraction of sp³-hybridized carbons (Fsp3) is 1.00. The van der Waals surface area contributed by atoms with Gasteiger partial charge in [0, 0.05) is 19.1 Å². The van der Waals surface area contributed by atoms with Crippen molar-refractivity contribution in [2.24, 2.45) is 5.41 Å². The zero-order valence-corrected chi connectivity index (χ0v) is 11.8. The highest BCUT2D eigenvalue weighted by molar-refractivity contribution is 4.86. The molecule has 2 aliphatic rings.